The molecular formula is C23H19N3O2. The molecular weight excluding hydrogens is 350 g/mol. The second-order valence-electron chi connectivity index (χ2n) is 6.39. The van der Waals surface area contributed by atoms with Crippen LogP contribution in [0.3, 0.4) is 0 Å². The molecule has 0 bridgehead atoms. The van der Waals surface area contributed by atoms with Crippen LogP contribution in [0.4, 0.5) is 0 Å². The molecule has 0 aliphatic carbocycles. The monoisotopic (exact) mass is 369 g/mol. The van der Waals surface area contributed by atoms with Crippen LogP contribution in [0.2, 0.25) is 0 Å². The lowest BCUT2D eigenvalue weighted by Gasteiger charge is -2.10. The van der Waals surface area contributed by atoms with Crippen LogP contribution in [-0.2, 0) is 6.54 Å². The molecule has 0 saturated carbocycles. The van der Waals surface area contributed by atoms with E-state index < -0.39 is 0 Å². The van der Waals surface area contributed by atoms with Gasteiger partial charge in [-0.3, -0.25) is 4.79 Å². The lowest BCUT2D eigenvalue weighted by atomic mass is 10.1. The normalized spacial score (nSPS) is 10.6. The van der Waals surface area contributed by atoms with E-state index in [0.29, 0.717) is 12.1 Å². The van der Waals surface area contributed by atoms with Crippen molar-refractivity contribution in [3.05, 3.63) is 102 Å². The number of nitrogens with one attached hydrogen (secondary N) is 1. The number of hydrogen-bond acceptors (Lipinski definition) is 3. The van der Waals surface area contributed by atoms with Crippen molar-refractivity contribution in [2.75, 3.05) is 0 Å². The molecule has 5 nitrogen and oxygen atoms in total. The van der Waals surface area contributed by atoms with E-state index in [1.807, 2.05) is 59.3 Å². The molecule has 28 heavy (non-hydrogen) atoms. The standard InChI is InChI=1S/C23H19N3O2/c27-21-11-9-17(10-12-21)16-24-23(28)19-7-4-8-20(15-19)26-22(13-14-25-26)18-5-2-1-3-6-18/h1-15,27H,16H2,(H,24,28). The quantitative estimate of drug-likeness (QED) is 0.555. The summed E-state index contributed by atoms with van der Waals surface area (Å²) >= 11 is 0. The summed E-state index contributed by atoms with van der Waals surface area (Å²) in [4.78, 5) is 12.6. The van der Waals surface area contributed by atoms with Crippen LogP contribution in [-0.4, -0.2) is 20.8 Å². The lowest BCUT2D eigenvalue weighted by Crippen LogP contribution is -2.22. The summed E-state index contributed by atoms with van der Waals surface area (Å²) in [6.07, 6.45) is 1.75. The number of aromatic hydroxyl groups is 1. The summed E-state index contributed by atoms with van der Waals surface area (Å²) in [6.45, 7) is 0.389. The van der Waals surface area contributed by atoms with Crippen molar-refractivity contribution < 1.29 is 9.90 Å². The molecule has 1 amide bonds. The summed E-state index contributed by atoms with van der Waals surface area (Å²) < 4.78 is 1.83. The Labute approximate surface area is 162 Å². The van der Waals surface area contributed by atoms with Crippen LogP contribution in [0.5, 0.6) is 5.75 Å². The summed E-state index contributed by atoms with van der Waals surface area (Å²) in [7, 11) is 0. The minimum absolute atomic E-state index is 0.164. The van der Waals surface area contributed by atoms with E-state index in [4.69, 9.17) is 0 Å². The predicted octanol–water partition coefficient (Wildman–Crippen LogP) is 4.17. The van der Waals surface area contributed by atoms with Crippen molar-refractivity contribution in [2.45, 2.75) is 6.54 Å². The summed E-state index contributed by atoms with van der Waals surface area (Å²) in [6, 6.07) is 26.1. The zero-order chi connectivity index (χ0) is 19.3. The van der Waals surface area contributed by atoms with E-state index in [-0.39, 0.29) is 11.7 Å². The molecule has 0 atom stereocenters. The molecule has 0 saturated heterocycles. The maximum atomic E-state index is 12.6. The molecule has 4 aromatic rings. The van der Waals surface area contributed by atoms with Gasteiger partial charge in [0, 0.05) is 17.7 Å². The Morgan fingerprint density at radius 1 is 0.929 bits per heavy atom. The summed E-state index contributed by atoms with van der Waals surface area (Å²) in [5, 5.41) is 16.7. The number of amides is 1. The predicted molar refractivity (Wildman–Crippen MR) is 108 cm³/mol. The van der Waals surface area contributed by atoms with Gasteiger partial charge in [-0.1, -0.05) is 48.5 Å². The topological polar surface area (TPSA) is 67.2 Å². The second kappa shape index (κ2) is 7.80. The van der Waals surface area contributed by atoms with E-state index in [2.05, 4.69) is 10.4 Å². The van der Waals surface area contributed by atoms with Gasteiger partial charge >= 0.3 is 0 Å². The lowest BCUT2D eigenvalue weighted by molar-refractivity contribution is 0.0951. The molecule has 0 aliphatic heterocycles. The highest BCUT2D eigenvalue weighted by Gasteiger charge is 2.10. The van der Waals surface area contributed by atoms with Gasteiger partial charge in [-0.25, -0.2) is 4.68 Å². The third-order valence-electron chi connectivity index (χ3n) is 4.45. The Morgan fingerprint density at radius 3 is 2.50 bits per heavy atom. The van der Waals surface area contributed by atoms with Gasteiger partial charge in [0.25, 0.3) is 5.91 Å². The van der Waals surface area contributed by atoms with E-state index in [0.717, 1.165) is 22.5 Å². The highest BCUT2D eigenvalue weighted by atomic mass is 16.3. The number of benzene rings is 3. The molecule has 1 heterocycles. The number of rotatable bonds is 5. The summed E-state index contributed by atoms with van der Waals surface area (Å²) in [5.41, 5.74) is 4.32. The first-order chi connectivity index (χ1) is 13.7. The Bertz CT molecular complexity index is 1090. The van der Waals surface area contributed by atoms with Crippen LogP contribution < -0.4 is 5.32 Å². The van der Waals surface area contributed by atoms with Crippen LogP contribution in [0.15, 0.2) is 91.1 Å². The highest BCUT2D eigenvalue weighted by Crippen LogP contribution is 2.22. The second-order valence-corrected chi connectivity index (χ2v) is 6.39. The number of phenols is 1. The Hall–Kier alpha value is -3.86. The van der Waals surface area contributed by atoms with E-state index >= 15 is 0 Å². The van der Waals surface area contributed by atoms with Crippen molar-refractivity contribution >= 4 is 5.91 Å². The van der Waals surface area contributed by atoms with Gasteiger partial charge in [-0.15, -0.1) is 0 Å². The highest BCUT2D eigenvalue weighted by molar-refractivity contribution is 5.94. The Kier molecular flexibility index (Phi) is 4.89. The molecule has 2 N–H and O–H groups in total. The average Bonchev–Trinajstić information content (AvgIpc) is 3.24. The number of phenolic OH excluding ortho intramolecular Hbond substituents is 1. The number of hydrogen-bond donors (Lipinski definition) is 2. The average molecular weight is 369 g/mol. The van der Waals surface area contributed by atoms with Crippen LogP contribution in [0.1, 0.15) is 15.9 Å². The van der Waals surface area contributed by atoms with E-state index in [1.165, 1.54) is 0 Å². The van der Waals surface area contributed by atoms with Crippen LogP contribution in [0, 0.1) is 0 Å². The van der Waals surface area contributed by atoms with E-state index in [1.54, 1.807) is 36.5 Å². The fraction of sp³-hybridized carbons (Fsp3) is 0.0435. The van der Waals surface area contributed by atoms with Gasteiger partial charge < -0.3 is 10.4 Å². The number of carbonyl (C=O) groups excluding carboxylic acids is 1. The SMILES string of the molecule is O=C(NCc1ccc(O)cc1)c1cccc(-n2nccc2-c2ccccc2)c1. The number of aromatic nitrogens is 2. The largest absolute Gasteiger partial charge is 0.508 e. The molecule has 1 aromatic heterocycles. The van der Waals surface area contributed by atoms with Crippen molar-refractivity contribution in [3.63, 3.8) is 0 Å². The van der Waals surface area contributed by atoms with Gasteiger partial charge in [0.05, 0.1) is 17.6 Å². The molecule has 138 valence electrons. The fourth-order valence-electron chi connectivity index (χ4n) is 3.01. The Balaban J connectivity index is 1.54. The number of nitrogens with zero attached hydrogens (tertiary/aromatic N) is 2. The molecule has 0 radical (unpaired) electrons. The van der Waals surface area contributed by atoms with Gasteiger partial charge in [0.15, 0.2) is 0 Å². The smallest absolute Gasteiger partial charge is 0.251 e. The van der Waals surface area contributed by atoms with Crippen LogP contribution >= 0.6 is 0 Å². The maximum Gasteiger partial charge on any atom is 0.251 e. The minimum atomic E-state index is -0.164. The first-order valence-electron chi connectivity index (χ1n) is 8.97. The zero-order valence-corrected chi connectivity index (χ0v) is 15.1. The van der Waals surface area contributed by atoms with E-state index in [9.17, 15) is 9.90 Å². The Morgan fingerprint density at radius 2 is 1.71 bits per heavy atom. The van der Waals surface area contributed by atoms with Crippen molar-refractivity contribution in [1.82, 2.24) is 15.1 Å². The molecule has 0 aliphatic rings. The van der Waals surface area contributed by atoms with Gasteiger partial charge in [-0.05, 0) is 42.0 Å². The molecule has 0 spiro atoms. The van der Waals surface area contributed by atoms with Gasteiger partial charge in [-0.2, -0.15) is 5.10 Å². The molecule has 3 aromatic carbocycles. The maximum absolute atomic E-state index is 12.6. The van der Waals surface area contributed by atoms with Crippen molar-refractivity contribution in [1.29, 1.82) is 0 Å². The third kappa shape index (κ3) is 3.78. The van der Waals surface area contributed by atoms with Crippen LogP contribution in [0.25, 0.3) is 16.9 Å². The van der Waals surface area contributed by atoms with Crippen molar-refractivity contribution in [3.8, 4) is 22.7 Å². The van der Waals surface area contributed by atoms with Gasteiger partial charge in [0.2, 0.25) is 0 Å². The third-order valence-corrected chi connectivity index (χ3v) is 4.45. The first-order valence-corrected chi connectivity index (χ1v) is 8.97. The fourth-order valence-corrected chi connectivity index (χ4v) is 3.01. The van der Waals surface area contributed by atoms with Gasteiger partial charge in [0.1, 0.15) is 5.75 Å². The molecule has 4 rings (SSSR count). The molecule has 0 fully saturated rings. The summed E-state index contributed by atoms with van der Waals surface area (Å²) in [5.74, 6) is 0.0413. The molecule has 0 unspecified atom stereocenters. The zero-order valence-electron chi connectivity index (χ0n) is 15.1. The van der Waals surface area contributed by atoms with Crippen molar-refractivity contribution in [2.24, 2.45) is 0 Å². The minimum Gasteiger partial charge on any atom is -0.508 e. The first kappa shape index (κ1) is 17.5. The molecule has 5 heteroatoms. The number of carbonyl (C=O) groups is 1.